The predicted octanol–water partition coefficient (Wildman–Crippen LogP) is 2.38. The molecule has 114 valence electrons. The van der Waals surface area contributed by atoms with Gasteiger partial charge >= 0.3 is 0 Å². The first-order valence-corrected chi connectivity index (χ1v) is 6.95. The number of rotatable bonds is 6. The standard InChI is InChI=1S/C15H21FN4O/c1-15(2,3)17-10-13-11-20(19-18-13)7-8-21-14-6-4-5-12(16)9-14/h4-6,9,11,17H,7-8,10H2,1-3H3. The first kappa shape index (κ1) is 15.4. The SMILES string of the molecule is CC(C)(C)NCc1cn(CCOc2cccc(F)c2)nn1. The minimum atomic E-state index is -0.302. The van der Waals surface area contributed by atoms with E-state index >= 15 is 0 Å². The van der Waals surface area contributed by atoms with Crippen molar-refractivity contribution in [3.63, 3.8) is 0 Å². The van der Waals surface area contributed by atoms with Crippen LogP contribution in [0.5, 0.6) is 5.75 Å². The zero-order chi connectivity index (χ0) is 15.3. The molecule has 0 fully saturated rings. The monoisotopic (exact) mass is 292 g/mol. The van der Waals surface area contributed by atoms with E-state index in [4.69, 9.17) is 4.74 Å². The van der Waals surface area contributed by atoms with Gasteiger partial charge in [-0.05, 0) is 32.9 Å². The zero-order valence-electron chi connectivity index (χ0n) is 12.6. The van der Waals surface area contributed by atoms with Crippen LogP contribution in [-0.4, -0.2) is 27.1 Å². The first-order chi connectivity index (χ1) is 9.92. The normalized spacial score (nSPS) is 11.6. The Kier molecular flexibility index (Phi) is 4.90. The van der Waals surface area contributed by atoms with E-state index in [-0.39, 0.29) is 11.4 Å². The molecule has 0 spiro atoms. The van der Waals surface area contributed by atoms with Crippen LogP contribution in [0.4, 0.5) is 4.39 Å². The lowest BCUT2D eigenvalue weighted by molar-refractivity contribution is 0.288. The van der Waals surface area contributed by atoms with Crippen LogP contribution in [0.1, 0.15) is 26.5 Å². The summed E-state index contributed by atoms with van der Waals surface area (Å²) in [6.45, 7) is 7.96. The van der Waals surface area contributed by atoms with Gasteiger partial charge in [-0.25, -0.2) is 9.07 Å². The van der Waals surface area contributed by atoms with Gasteiger partial charge in [0.05, 0.1) is 12.2 Å². The lowest BCUT2D eigenvalue weighted by Crippen LogP contribution is -2.35. The fourth-order valence-electron chi connectivity index (χ4n) is 1.70. The van der Waals surface area contributed by atoms with Crippen molar-refractivity contribution < 1.29 is 9.13 Å². The Bertz CT molecular complexity index is 577. The molecule has 0 atom stereocenters. The Morgan fingerprint density at radius 3 is 2.86 bits per heavy atom. The van der Waals surface area contributed by atoms with Gasteiger partial charge in [0.2, 0.25) is 0 Å². The summed E-state index contributed by atoms with van der Waals surface area (Å²) in [5.41, 5.74) is 0.931. The van der Waals surface area contributed by atoms with Gasteiger partial charge in [0.1, 0.15) is 18.2 Å². The molecule has 0 amide bonds. The second kappa shape index (κ2) is 6.67. The molecule has 2 rings (SSSR count). The number of aromatic nitrogens is 3. The van der Waals surface area contributed by atoms with Crippen molar-refractivity contribution in [1.82, 2.24) is 20.3 Å². The van der Waals surface area contributed by atoms with Crippen LogP contribution < -0.4 is 10.1 Å². The molecule has 0 saturated carbocycles. The average Bonchev–Trinajstić information content (AvgIpc) is 2.84. The summed E-state index contributed by atoms with van der Waals surface area (Å²) in [5, 5.41) is 11.5. The molecule has 1 heterocycles. The number of halogens is 1. The van der Waals surface area contributed by atoms with E-state index in [1.54, 1.807) is 16.8 Å². The smallest absolute Gasteiger partial charge is 0.126 e. The molecule has 0 saturated heterocycles. The second-order valence-corrected chi connectivity index (χ2v) is 5.88. The van der Waals surface area contributed by atoms with Crippen LogP contribution in [0.2, 0.25) is 0 Å². The van der Waals surface area contributed by atoms with Crippen molar-refractivity contribution in [2.75, 3.05) is 6.61 Å². The molecule has 5 nitrogen and oxygen atoms in total. The van der Waals surface area contributed by atoms with Crippen LogP contribution >= 0.6 is 0 Å². The van der Waals surface area contributed by atoms with Crippen molar-refractivity contribution >= 4 is 0 Å². The molecule has 2 aromatic rings. The summed E-state index contributed by atoms with van der Waals surface area (Å²) in [6, 6.07) is 6.10. The Balaban J connectivity index is 1.78. The van der Waals surface area contributed by atoms with E-state index in [9.17, 15) is 4.39 Å². The van der Waals surface area contributed by atoms with Crippen molar-refractivity contribution in [2.24, 2.45) is 0 Å². The largest absolute Gasteiger partial charge is 0.492 e. The minimum absolute atomic E-state index is 0.0459. The first-order valence-electron chi connectivity index (χ1n) is 6.95. The molecule has 0 radical (unpaired) electrons. The highest BCUT2D eigenvalue weighted by Crippen LogP contribution is 2.11. The van der Waals surface area contributed by atoms with Crippen LogP contribution in [0, 0.1) is 5.82 Å². The third kappa shape index (κ3) is 5.51. The lowest BCUT2D eigenvalue weighted by atomic mass is 10.1. The molecule has 1 aromatic heterocycles. The molecule has 0 aliphatic rings. The minimum Gasteiger partial charge on any atom is -0.492 e. The van der Waals surface area contributed by atoms with Crippen LogP contribution in [0.15, 0.2) is 30.5 Å². The Labute approximate surface area is 124 Å². The fraction of sp³-hybridized carbons (Fsp3) is 0.467. The number of hydrogen-bond donors (Lipinski definition) is 1. The third-order valence-electron chi connectivity index (χ3n) is 2.77. The molecule has 0 aliphatic carbocycles. The van der Waals surface area contributed by atoms with Crippen molar-refractivity contribution in [2.45, 2.75) is 39.4 Å². The lowest BCUT2D eigenvalue weighted by Gasteiger charge is -2.19. The third-order valence-corrected chi connectivity index (χ3v) is 2.77. The van der Waals surface area contributed by atoms with E-state index in [0.29, 0.717) is 25.4 Å². The van der Waals surface area contributed by atoms with Crippen LogP contribution in [-0.2, 0) is 13.1 Å². The topological polar surface area (TPSA) is 52.0 Å². The molecule has 1 aromatic carbocycles. The number of benzene rings is 1. The quantitative estimate of drug-likeness (QED) is 0.888. The van der Waals surface area contributed by atoms with Gasteiger partial charge in [0.25, 0.3) is 0 Å². The van der Waals surface area contributed by atoms with Crippen LogP contribution in [0.3, 0.4) is 0 Å². The summed E-state index contributed by atoms with van der Waals surface area (Å²) < 4.78 is 20.2. The molecule has 0 bridgehead atoms. The maximum absolute atomic E-state index is 13.0. The summed E-state index contributed by atoms with van der Waals surface area (Å²) in [7, 11) is 0. The second-order valence-electron chi connectivity index (χ2n) is 5.88. The fourth-order valence-corrected chi connectivity index (χ4v) is 1.70. The van der Waals surface area contributed by atoms with Crippen molar-refractivity contribution in [3.05, 3.63) is 42.0 Å². The Hall–Kier alpha value is -1.95. The molecule has 6 heteroatoms. The summed E-state index contributed by atoms with van der Waals surface area (Å²) in [6.07, 6.45) is 1.88. The van der Waals surface area contributed by atoms with Crippen molar-refractivity contribution in [3.8, 4) is 5.75 Å². The van der Waals surface area contributed by atoms with Gasteiger partial charge in [-0.15, -0.1) is 5.10 Å². The average molecular weight is 292 g/mol. The summed E-state index contributed by atoms with van der Waals surface area (Å²) in [4.78, 5) is 0. The maximum Gasteiger partial charge on any atom is 0.126 e. The highest BCUT2D eigenvalue weighted by Gasteiger charge is 2.10. The number of hydrogen-bond acceptors (Lipinski definition) is 4. The molecule has 1 N–H and O–H groups in total. The van der Waals surface area contributed by atoms with E-state index in [1.807, 2.05) is 6.20 Å². The number of nitrogens with zero attached hydrogens (tertiary/aromatic N) is 3. The van der Waals surface area contributed by atoms with Gasteiger partial charge in [0.15, 0.2) is 0 Å². The van der Waals surface area contributed by atoms with Gasteiger partial charge in [0, 0.05) is 24.3 Å². The van der Waals surface area contributed by atoms with E-state index in [2.05, 4.69) is 36.4 Å². The summed E-state index contributed by atoms with van der Waals surface area (Å²) >= 11 is 0. The van der Waals surface area contributed by atoms with E-state index in [0.717, 1.165) is 5.69 Å². The molecular formula is C15H21FN4O. The highest BCUT2D eigenvalue weighted by atomic mass is 19.1. The molecule has 0 unspecified atom stereocenters. The summed E-state index contributed by atoms with van der Waals surface area (Å²) in [5.74, 6) is 0.216. The molecular weight excluding hydrogens is 271 g/mol. The van der Waals surface area contributed by atoms with Gasteiger partial charge < -0.3 is 10.1 Å². The molecule has 21 heavy (non-hydrogen) atoms. The van der Waals surface area contributed by atoms with Gasteiger partial charge in [-0.3, -0.25) is 0 Å². The van der Waals surface area contributed by atoms with Crippen LogP contribution in [0.25, 0.3) is 0 Å². The highest BCUT2D eigenvalue weighted by molar-refractivity contribution is 5.22. The van der Waals surface area contributed by atoms with Gasteiger partial charge in [-0.2, -0.15) is 0 Å². The van der Waals surface area contributed by atoms with E-state index in [1.165, 1.54) is 12.1 Å². The Morgan fingerprint density at radius 2 is 2.14 bits per heavy atom. The molecule has 0 aliphatic heterocycles. The van der Waals surface area contributed by atoms with E-state index < -0.39 is 0 Å². The maximum atomic E-state index is 13.0. The van der Waals surface area contributed by atoms with Crippen molar-refractivity contribution in [1.29, 1.82) is 0 Å². The predicted molar refractivity (Wildman–Crippen MR) is 78.5 cm³/mol. The zero-order valence-corrected chi connectivity index (χ0v) is 12.6. The number of nitrogens with one attached hydrogen (secondary N) is 1. The number of ether oxygens (including phenoxy) is 1. The Morgan fingerprint density at radius 1 is 1.33 bits per heavy atom. The van der Waals surface area contributed by atoms with Gasteiger partial charge in [-0.1, -0.05) is 11.3 Å².